The summed E-state index contributed by atoms with van der Waals surface area (Å²) in [5.74, 6) is -2.84. The molecular weight excluding hydrogens is 372 g/mol. The number of aliphatic hydroxyl groups excluding tert-OH is 1. The zero-order chi connectivity index (χ0) is 18.5. The first-order valence-electron chi connectivity index (χ1n) is 7.13. The molecule has 1 amide bonds. The van der Waals surface area contributed by atoms with E-state index in [1.807, 2.05) is 0 Å². The number of hydrogen-bond donors (Lipinski definition) is 3. The second kappa shape index (κ2) is 6.35. The van der Waals surface area contributed by atoms with Gasteiger partial charge in [0.1, 0.15) is 11.1 Å². The number of thioether (sulfide) groups is 2. The summed E-state index contributed by atoms with van der Waals surface area (Å²) < 4.78 is 1.10. The molecule has 1 unspecified atom stereocenters. The van der Waals surface area contributed by atoms with E-state index in [1.165, 1.54) is 30.6 Å². The van der Waals surface area contributed by atoms with E-state index in [0.717, 1.165) is 16.3 Å². The third kappa shape index (κ3) is 2.79. The van der Waals surface area contributed by atoms with Gasteiger partial charge in [-0.15, -0.1) is 22.0 Å². The van der Waals surface area contributed by atoms with Crippen molar-refractivity contribution >= 4 is 35.4 Å². The maximum atomic E-state index is 12.1. The average molecular weight is 386 g/mol. The number of carboxylic acids is 1. The Balaban J connectivity index is 1.83. The van der Waals surface area contributed by atoms with Gasteiger partial charge in [0.2, 0.25) is 5.91 Å². The van der Waals surface area contributed by atoms with Crippen LogP contribution in [0.3, 0.4) is 0 Å². The van der Waals surface area contributed by atoms with Gasteiger partial charge in [-0.1, -0.05) is 11.8 Å². The number of hydrogen-bond acceptors (Lipinski definition) is 9. The van der Waals surface area contributed by atoms with E-state index in [9.17, 15) is 29.7 Å². The van der Waals surface area contributed by atoms with E-state index in [-0.39, 0.29) is 16.6 Å². The fourth-order valence-electron chi connectivity index (χ4n) is 2.65. The number of aromatic nitrogens is 3. The summed E-state index contributed by atoms with van der Waals surface area (Å²) in [7, 11) is 1.41. The molecule has 25 heavy (non-hydrogen) atoms. The Bertz CT molecular complexity index is 851. The van der Waals surface area contributed by atoms with Crippen molar-refractivity contribution in [3.63, 3.8) is 0 Å². The first-order valence-corrected chi connectivity index (χ1v) is 9.00. The summed E-state index contributed by atoms with van der Waals surface area (Å²) in [6.45, 7) is 1.50. The molecule has 12 heteroatoms. The van der Waals surface area contributed by atoms with Crippen molar-refractivity contribution in [2.45, 2.75) is 23.6 Å². The van der Waals surface area contributed by atoms with E-state index in [0.29, 0.717) is 4.91 Å². The van der Waals surface area contributed by atoms with Gasteiger partial charge in [0, 0.05) is 17.7 Å². The van der Waals surface area contributed by atoms with Gasteiger partial charge in [-0.3, -0.25) is 19.1 Å². The molecule has 0 aliphatic carbocycles. The highest BCUT2D eigenvalue weighted by Gasteiger charge is 2.57. The molecule has 1 aromatic rings. The lowest BCUT2D eigenvalue weighted by Crippen LogP contribution is -2.60. The molecule has 2 aliphatic rings. The van der Waals surface area contributed by atoms with Crippen LogP contribution < -0.4 is 5.56 Å². The van der Waals surface area contributed by atoms with Crippen molar-refractivity contribution in [2.75, 3.05) is 5.75 Å². The topological polar surface area (TPSA) is 146 Å². The van der Waals surface area contributed by atoms with Crippen molar-refractivity contribution in [1.82, 2.24) is 19.7 Å². The van der Waals surface area contributed by atoms with Gasteiger partial charge >= 0.3 is 11.5 Å². The summed E-state index contributed by atoms with van der Waals surface area (Å²) in [5, 5.41) is 35.2. The molecule has 0 spiro atoms. The number of amides is 1. The van der Waals surface area contributed by atoms with Crippen molar-refractivity contribution in [3.8, 4) is 5.88 Å². The summed E-state index contributed by atoms with van der Waals surface area (Å²) in [4.78, 5) is 36.9. The molecule has 1 aromatic heterocycles. The molecule has 1 saturated heterocycles. The Morgan fingerprint density at radius 1 is 1.40 bits per heavy atom. The summed E-state index contributed by atoms with van der Waals surface area (Å²) in [6.07, 6.45) is -0.868. The van der Waals surface area contributed by atoms with E-state index < -0.39 is 40.7 Å². The molecule has 3 N–H and O–H groups in total. The van der Waals surface area contributed by atoms with Gasteiger partial charge < -0.3 is 15.3 Å². The maximum absolute atomic E-state index is 12.1. The van der Waals surface area contributed by atoms with Crippen LogP contribution in [-0.2, 0) is 16.6 Å². The lowest BCUT2D eigenvalue weighted by Gasteiger charge is -2.43. The third-order valence-corrected chi connectivity index (χ3v) is 6.52. The Morgan fingerprint density at radius 2 is 2.08 bits per heavy atom. The van der Waals surface area contributed by atoms with E-state index in [1.54, 1.807) is 0 Å². The Labute approximate surface area is 149 Å². The number of aliphatic carboxylic acids is 1. The summed E-state index contributed by atoms with van der Waals surface area (Å²) >= 11 is 2.27. The Morgan fingerprint density at radius 3 is 2.68 bits per heavy atom. The summed E-state index contributed by atoms with van der Waals surface area (Å²) in [5.41, 5.74) is -0.821. The van der Waals surface area contributed by atoms with Gasteiger partial charge in [-0.2, -0.15) is 0 Å². The molecule has 0 saturated carbocycles. The molecule has 3 atom stereocenters. The molecule has 134 valence electrons. The molecule has 3 rings (SSSR count). The van der Waals surface area contributed by atoms with Crippen molar-refractivity contribution in [1.29, 1.82) is 0 Å². The molecular formula is C13H14N4O6S2. The van der Waals surface area contributed by atoms with Gasteiger partial charge in [0.15, 0.2) is 5.16 Å². The van der Waals surface area contributed by atoms with Crippen LogP contribution in [-0.4, -0.2) is 64.1 Å². The first-order chi connectivity index (χ1) is 11.7. The van der Waals surface area contributed by atoms with Crippen molar-refractivity contribution in [2.24, 2.45) is 13.0 Å². The third-order valence-electron chi connectivity index (χ3n) is 3.92. The number of aliphatic hydroxyl groups is 1. The molecule has 10 nitrogen and oxygen atoms in total. The number of carbonyl (C=O) groups is 2. The van der Waals surface area contributed by atoms with E-state index in [2.05, 4.69) is 10.2 Å². The van der Waals surface area contributed by atoms with Gasteiger partial charge in [0.25, 0.3) is 5.88 Å². The fraction of sp³-hybridized carbons (Fsp3) is 0.462. The second-order valence-corrected chi connectivity index (χ2v) is 7.67. The van der Waals surface area contributed by atoms with E-state index >= 15 is 0 Å². The first kappa shape index (κ1) is 17.8. The Hall–Kier alpha value is -2.05. The normalized spacial score (nSPS) is 23.5. The van der Waals surface area contributed by atoms with Crippen LogP contribution in [0.5, 0.6) is 5.88 Å². The fourth-order valence-corrected chi connectivity index (χ4v) is 5.26. The molecule has 2 aliphatic heterocycles. The van der Waals surface area contributed by atoms with Crippen LogP contribution in [0.15, 0.2) is 20.6 Å². The minimum atomic E-state index is -1.23. The highest BCUT2D eigenvalue weighted by Crippen LogP contribution is 2.51. The highest BCUT2D eigenvalue weighted by atomic mass is 32.2. The number of β-lactam (4-membered cyclic amide) rings is 1. The van der Waals surface area contributed by atoms with Crippen LogP contribution in [0.1, 0.15) is 6.92 Å². The van der Waals surface area contributed by atoms with Crippen LogP contribution in [0.4, 0.5) is 0 Å². The smallest absolute Gasteiger partial charge is 0.353 e. The predicted octanol–water partition coefficient (Wildman–Crippen LogP) is -0.819. The number of aromatic hydroxyl groups is 1. The predicted molar refractivity (Wildman–Crippen MR) is 87.7 cm³/mol. The number of fused-ring (bicyclic) bond motifs is 1. The molecule has 1 fully saturated rings. The van der Waals surface area contributed by atoms with Crippen LogP contribution in [0.25, 0.3) is 0 Å². The van der Waals surface area contributed by atoms with Gasteiger partial charge in [-0.25, -0.2) is 4.79 Å². The molecule has 3 heterocycles. The number of carbonyl (C=O) groups excluding carboxylic acids is 1. The lowest BCUT2D eigenvalue weighted by molar-refractivity contribution is -0.156. The molecule has 0 bridgehead atoms. The number of nitrogens with zero attached hydrogens (tertiary/aromatic N) is 4. The minimum absolute atomic E-state index is 0.110. The van der Waals surface area contributed by atoms with Gasteiger partial charge in [0.05, 0.1) is 12.0 Å². The van der Waals surface area contributed by atoms with Crippen molar-refractivity contribution < 1.29 is 24.9 Å². The van der Waals surface area contributed by atoms with Gasteiger partial charge in [-0.05, 0) is 6.92 Å². The lowest BCUT2D eigenvalue weighted by atomic mass is 9.92. The second-order valence-electron chi connectivity index (χ2n) is 5.52. The highest BCUT2D eigenvalue weighted by molar-refractivity contribution is 8.06. The zero-order valence-corrected chi connectivity index (χ0v) is 14.7. The quantitative estimate of drug-likeness (QED) is 0.433. The molecule has 0 radical (unpaired) electrons. The Kier molecular flexibility index (Phi) is 4.51. The average Bonchev–Trinajstić information content (AvgIpc) is 2.86. The molecule has 0 aromatic carbocycles. The maximum Gasteiger partial charge on any atom is 0.353 e. The largest absolute Gasteiger partial charge is 0.488 e. The van der Waals surface area contributed by atoms with Crippen LogP contribution in [0.2, 0.25) is 0 Å². The van der Waals surface area contributed by atoms with Crippen molar-refractivity contribution in [3.05, 3.63) is 21.0 Å². The van der Waals surface area contributed by atoms with E-state index in [4.69, 9.17) is 0 Å². The SMILES string of the molecule is CC(O)[C@H]1C(=O)N2C(C(=O)O)=C(CSc3nnc(O)c(=O)n3C)S[C@H]12. The van der Waals surface area contributed by atoms with Crippen LogP contribution in [0, 0.1) is 5.92 Å². The standard InChI is InChI=1S/C13H14N4O6S2/c1-4(18)6-9(20)17-7(12(22)23)5(25-11(6)17)3-24-13-15-14-8(19)10(21)16(13)2/h4,6,11,18H,3H2,1-2H3,(H,14,19)(H,22,23)/t4?,6-,11+/m0/s1. The number of rotatable bonds is 5. The summed E-state index contributed by atoms with van der Waals surface area (Å²) in [6, 6.07) is 0. The monoisotopic (exact) mass is 386 g/mol. The van der Waals surface area contributed by atoms with Crippen LogP contribution >= 0.6 is 23.5 Å². The zero-order valence-electron chi connectivity index (χ0n) is 13.1. The minimum Gasteiger partial charge on any atom is -0.488 e. The number of carboxylic acid groups (broad SMARTS) is 1.